The van der Waals surface area contributed by atoms with Crippen molar-refractivity contribution in [2.45, 2.75) is 51.4 Å². The van der Waals surface area contributed by atoms with Crippen molar-refractivity contribution in [1.82, 2.24) is 14.5 Å². The molecule has 0 N–H and O–H groups in total. The summed E-state index contributed by atoms with van der Waals surface area (Å²) in [5, 5.41) is 1.25. The van der Waals surface area contributed by atoms with Gasteiger partial charge in [-0.3, -0.25) is 14.2 Å². The van der Waals surface area contributed by atoms with Crippen LogP contribution in [0.15, 0.2) is 34.2 Å². The van der Waals surface area contributed by atoms with Gasteiger partial charge in [0.05, 0.1) is 29.4 Å². The summed E-state index contributed by atoms with van der Waals surface area (Å²) in [6, 6.07) is 7.40. The predicted molar refractivity (Wildman–Crippen MR) is 113 cm³/mol. The molecular formula is C21H29N3O3S. The second-order valence-electron chi connectivity index (χ2n) is 7.58. The van der Waals surface area contributed by atoms with Crippen molar-refractivity contribution in [3.63, 3.8) is 0 Å². The Morgan fingerprint density at radius 2 is 2.14 bits per heavy atom. The Morgan fingerprint density at radius 1 is 1.36 bits per heavy atom. The van der Waals surface area contributed by atoms with Crippen LogP contribution in [0.2, 0.25) is 0 Å². The Morgan fingerprint density at radius 3 is 2.89 bits per heavy atom. The van der Waals surface area contributed by atoms with Crippen LogP contribution in [-0.2, 0) is 16.1 Å². The monoisotopic (exact) mass is 403 g/mol. The molecule has 1 aliphatic heterocycles. The molecule has 1 amide bonds. The molecule has 1 aliphatic rings. The third-order valence-corrected chi connectivity index (χ3v) is 5.99. The minimum atomic E-state index is -0.0291. The highest BCUT2D eigenvalue weighted by molar-refractivity contribution is 7.99. The van der Waals surface area contributed by atoms with Crippen LogP contribution in [0.4, 0.5) is 0 Å². The lowest BCUT2D eigenvalue weighted by Crippen LogP contribution is -2.46. The number of rotatable bonds is 7. The van der Waals surface area contributed by atoms with Crippen molar-refractivity contribution in [3.05, 3.63) is 34.6 Å². The van der Waals surface area contributed by atoms with E-state index in [0.29, 0.717) is 48.2 Å². The van der Waals surface area contributed by atoms with Crippen LogP contribution in [0.3, 0.4) is 0 Å². The molecule has 1 unspecified atom stereocenters. The summed E-state index contributed by atoms with van der Waals surface area (Å²) in [5.41, 5.74) is 0.652. The standard InChI is InChI=1S/C21H29N3O3S/c1-4-16-13-23(11-12-27-16)19(25)14-28-21-22-18-8-6-5-7-17(18)20(26)24(21)10-9-15(2)3/h5-8,15-16H,4,9-14H2,1-3H3. The molecule has 0 saturated carbocycles. The molecule has 2 heterocycles. The van der Waals surface area contributed by atoms with E-state index < -0.39 is 0 Å². The van der Waals surface area contributed by atoms with Gasteiger partial charge in [-0.05, 0) is 30.9 Å². The van der Waals surface area contributed by atoms with E-state index in [0.717, 1.165) is 12.8 Å². The first-order valence-electron chi connectivity index (χ1n) is 10.0. The summed E-state index contributed by atoms with van der Waals surface area (Å²) in [6.07, 6.45) is 1.91. The fourth-order valence-electron chi connectivity index (χ4n) is 3.25. The molecule has 0 radical (unpaired) electrons. The van der Waals surface area contributed by atoms with Gasteiger partial charge in [0, 0.05) is 19.6 Å². The topological polar surface area (TPSA) is 64.4 Å². The molecule has 1 aromatic carbocycles. The van der Waals surface area contributed by atoms with E-state index in [1.54, 1.807) is 4.57 Å². The number of thioether (sulfide) groups is 1. The van der Waals surface area contributed by atoms with Crippen LogP contribution in [0, 0.1) is 5.92 Å². The van der Waals surface area contributed by atoms with Crippen molar-refractivity contribution in [2.24, 2.45) is 5.92 Å². The highest BCUT2D eigenvalue weighted by atomic mass is 32.2. The normalized spacial score (nSPS) is 17.4. The summed E-state index contributed by atoms with van der Waals surface area (Å²) < 4.78 is 7.38. The summed E-state index contributed by atoms with van der Waals surface area (Å²) >= 11 is 1.36. The van der Waals surface area contributed by atoms with E-state index in [-0.39, 0.29) is 23.3 Å². The summed E-state index contributed by atoms with van der Waals surface area (Å²) in [6.45, 7) is 8.81. The van der Waals surface area contributed by atoms with E-state index in [9.17, 15) is 9.59 Å². The zero-order valence-electron chi connectivity index (χ0n) is 16.9. The van der Waals surface area contributed by atoms with Crippen LogP contribution in [-0.4, -0.2) is 51.9 Å². The van der Waals surface area contributed by atoms with Gasteiger partial charge in [-0.25, -0.2) is 4.98 Å². The van der Waals surface area contributed by atoms with Crippen LogP contribution in [0.25, 0.3) is 10.9 Å². The first kappa shape index (κ1) is 20.9. The number of hydrogen-bond donors (Lipinski definition) is 0. The van der Waals surface area contributed by atoms with Crippen LogP contribution < -0.4 is 5.56 Å². The van der Waals surface area contributed by atoms with Crippen LogP contribution in [0.1, 0.15) is 33.6 Å². The highest BCUT2D eigenvalue weighted by Crippen LogP contribution is 2.20. The number of benzene rings is 1. The molecular weight excluding hydrogens is 374 g/mol. The average Bonchev–Trinajstić information content (AvgIpc) is 2.71. The zero-order chi connectivity index (χ0) is 20.1. The number of carbonyl (C=O) groups is 1. The van der Waals surface area contributed by atoms with E-state index in [2.05, 4.69) is 20.8 Å². The molecule has 3 rings (SSSR count). The molecule has 0 spiro atoms. The largest absolute Gasteiger partial charge is 0.375 e. The predicted octanol–water partition coefficient (Wildman–Crippen LogP) is 3.17. The Hall–Kier alpha value is -1.86. The maximum atomic E-state index is 13.0. The lowest BCUT2D eigenvalue weighted by molar-refractivity contribution is -0.135. The number of amides is 1. The Balaban J connectivity index is 1.79. The molecule has 6 nitrogen and oxygen atoms in total. The van der Waals surface area contributed by atoms with Crippen molar-refractivity contribution in [1.29, 1.82) is 0 Å². The first-order chi connectivity index (χ1) is 13.5. The minimum absolute atomic E-state index is 0.0291. The van der Waals surface area contributed by atoms with Gasteiger partial charge in [0.15, 0.2) is 5.16 Å². The molecule has 2 aromatic rings. The molecule has 0 aliphatic carbocycles. The van der Waals surface area contributed by atoms with E-state index >= 15 is 0 Å². The van der Waals surface area contributed by atoms with Crippen molar-refractivity contribution in [2.75, 3.05) is 25.4 Å². The quantitative estimate of drug-likeness (QED) is 0.525. The van der Waals surface area contributed by atoms with E-state index in [1.807, 2.05) is 29.2 Å². The average molecular weight is 404 g/mol. The third-order valence-electron chi connectivity index (χ3n) is 5.03. The first-order valence-corrected chi connectivity index (χ1v) is 11.0. The van der Waals surface area contributed by atoms with Crippen LogP contribution in [0.5, 0.6) is 0 Å². The fraction of sp³-hybridized carbons (Fsp3) is 0.571. The van der Waals surface area contributed by atoms with Gasteiger partial charge in [-0.1, -0.05) is 44.7 Å². The van der Waals surface area contributed by atoms with E-state index in [1.165, 1.54) is 11.8 Å². The number of aromatic nitrogens is 2. The molecule has 1 atom stereocenters. The van der Waals surface area contributed by atoms with Gasteiger partial charge in [0.1, 0.15) is 0 Å². The summed E-state index contributed by atoms with van der Waals surface area (Å²) in [5.74, 6) is 0.838. The second kappa shape index (κ2) is 9.56. The summed E-state index contributed by atoms with van der Waals surface area (Å²) in [4.78, 5) is 32.2. The van der Waals surface area contributed by atoms with Gasteiger partial charge in [-0.2, -0.15) is 0 Å². The SMILES string of the molecule is CCC1CN(C(=O)CSc2nc3ccccc3c(=O)n2CCC(C)C)CCO1. The van der Waals surface area contributed by atoms with Gasteiger partial charge in [0.2, 0.25) is 5.91 Å². The number of ether oxygens (including phenoxy) is 1. The molecule has 1 aromatic heterocycles. The third kappa shape index (κ3) is 4.94. The Labute approximate surface area is 170 Å². The number of para-hydroxylation sites is 1. The van der Waals surface area contributed by atoms with Crippen molar-refractivity contribution >= 4 is 28.6 Å². The molecule has 1 fully saturated rings. The van der Waals surface area contributed by atoms with E-state index in [4.69, 9.17) is 9.72 Å². The number of carbonyl (C=O) groups excluding carboxylic acids is 1. The van der Waals surface area contributed by atoms with Crippen molar-refractivity contribution < 1.29 is 9.53 Å². The van der Waals surface area contributed by atoms with Crippen LogP contribution >= 0.6 is 11.8 Å². The fourth-order valence-corrected chi connectivity index (χ4v) is 4.18. The number of fused-ring (bicyclic) bond motifs is 1. The summed E-state index contributed by atoms with van der Waals surface area (Å²) in [7, 11) is 0. The Bertz CT molecular complexity index is 881. The molecule has 1 saturated heterocycles. The highest BCUT2D eigenvalue weighted by Gasteiger charge is 2.23. The van der Waals surface area contributed by atoms with Gasteiger partial charge in [-0.15, -0.1) is 0 Å². The maximum Gasteiger partial charge on any atom is 0.262 e. The molecule has 0 bridgehead atoms. The number of nitrogens with zero attached hydrogens (tertiary/aromatic N) is 3. The van der Waals surface area contributed by atoms with Gasteiger partial charge >= 0.3 is 0 Å². The zero-order valence-corrected chi connectivity index (χ0v) is 17.7. The molecule has 152 valence electrons. The molecule has 7 heteroatoms. The molecule has 28 heavy (non-hydrogen) atoms. The number of morpholine rings is 1. The maximum absolute atomic E-state index is 13.0. The second-order valence-corrected chi connectivity index (χ2v) is 8.52. The Kier molecular flexibility index (Phi) is 7.13. The lowest BCUT2D eigenvalue weighted by atomic mass is 10.1. The minimum Gasteiger partial charge on any atom is -0.375 e. The number of hydrogen-bond acceptors (Lipinski definition) is 5. The van der Waals surface area contributed by atoms with Crippen molar-refractivity contribution in [3.8, 4) is 0 Å². The lowest BCUT2D eigenvalue weighted by Gasteiger charge is -2.32. The smallest absolute Gasteiger partial charge is 0.262 e. The van der Waals surface area contributed by atoms with Gasteiger partial charge in [0.25, 0.3) is 5.56 Å². The van der Waals surface area contributed by atoms with Gasteiger partial charge < -0.3 is 9.64 Å².